The molecule has 1 aliphatic rings. The quantitative estimate of drug-likeness (QED) is 0.430. The molecule has 3 aromatic rings. The molecule has 1 aliphatic heterocycles. The zero-order chi connectivity index (χ0) is 21.8. The summed E-state index contributed by atoms with van der Waals surface area (Å²) < 4.78 is 21.6. The Morgan fingerprint density at radius 1 is 0.742 bits per heavy atom. The molecule has 0 bridgehead atoms. The maximum absolute atomic E-state index is 12.4. The zero-order valence-corrected chi connectivity index (χ0v) is 17.4. The van der Waals surface area contributed by atoms with Gasteiger partial charge in [0.15, 0.2) is 17.2 Å². The number of carbonyl (C=O) groups excluding carboxylic acids is 1. The highest BCUT2D eigenvalue weighted by Crippen LogP contribution is 2.41. The fourth-order valence-corrected chi connectivity index (χ4v) is 3.35. The smallest absolute Gasteiger partial charge is 0.363 e. The van der Waals surface area contributed by atoms with Crippen LogP contribution in [0.2, 0.25) is 0 Å². The first-order chi connectivity index (χ1) is 15.1. The summed E-state index contributed by atoms with van der Waals surface area (Å²) in [4.78, 5) is 16.8. The van der Waals surface area contributed by atoms with Crippen molar-refractivity contribution in [2.75, 3.05) is 21.3 Å². The second kappa shape index (κ2) is 8.75. The van der Waals surface area contributed by atoms with E-state index in [0.717, 1.165) is 16.7 Å². The summed E-state index contributed by atoms with van der Waals surface area (Å²) >= 11 is 0. The highest BCUT2D eigenvalue weighted by atomic mass is 16.6. The Morgan fingerprint density at radius 3 is 2.03 bits per heavy atom. The van der Waals surface area contributed by atoms with Crippen molar-refractivity contribution in [3.63, 3.8) is 0 Å². The molecule has 0 N–H and O–H groups in total. The average molecular weight is 415 g/mol. The standard InChI is InChI=1S/C25H21NO5/c1-28-21-14-13-19(22(29-2)23(21)30-3)15-20-25(27)31-24(26-20)18-11-9-17(10-12-18)16-7-5-4-6-8-16/h4-15H,1-3H3/b20-15-. The number of cyclic esters (lactones) is 1. The zero-order valence-electron chi connectivity index (χ0n) is 17.4. The summed E-state index contributed by atoms with van der Waals surface area (Å²) in [5, 5.41) is 0. The molecule has 156 valence electrons. The molecule has 0 saturated heterocycles. The van der Waals surface area contributed by atoms with Gasteiger partial charge in [-0.05, 0) is 41.5 Å². The minimum absolute atomic E-state index is 0.174. The van der Waals surface area contributed by atoms with Gasteiger partial charge in [-0.15, -0.1) is 0 Å². The van der Waals surface area contributed by atoms with Crippen molar-refractivity contribution in [3.05, 3.63) is 83.6 Å². The molecule has 0 radical (unpaired) electrons. The van der Waals surface area contributed by atoms with Crippen LogP contribution in [0.15, 0.2) is 77.4 Å². The van der Waals surface area contributed by atoms with Crippen LogP contribution in [0.1, 0.15) is 11.1 Å². The van der Waals surface area contributed by atoms with Crippen LogP contribution in [0.25, 0.3) is 17.2 Å². The number of ether oxygens (including phenoxy) is 4. The summed E-state index contributed by atoms with van der Waals surface area (Å²) in [6, 6.07) is 21.3. The average Bonchev–Trinajstić information content (AvgIpc) is 3.19. The van der Waals surface area contributed by atoms with Crippen LogP contribution < -0.4 is 14.2 Å². The summed E-state index contributed by atoms with van der Waals surface area (Å²) in [6.45, 7) is 0. The van der Waals surface area contributed by atoms with Crippen LogP contribution in [0.4, 0.5) is 0 Å². The number of benzene rings is 3. The number of hydrogen-bond acceptors (Lipinski definition) is 6. The first kappa shape index (κ1) is 20.2. The first-order valence-corrected chi connectivity index (χ1v) is 9.62. The lowest BCUT2D eigenvalue weighted by atomic mass is 10.0. The number of hydrogen-bond donors (Lipinski definition) is 0. The van der Waals surface area contributed by atoms with Crippen molar-refractivity contribution in [2.24, 2.45) is 4.99 Å². The molecule has 0 fully saturated rings. The molecular weight excluding hydrogens is 394 g/mol. The maximum Gasteiger partial charge on any atom is 0.363 e. The van der Waals surface area contributed by atoms with Gasteiger partial charge in [-0.2, -0.15) is 0 Å². The van der Waals surface area contributed by atoms with E-state index in [-0.39, 0.29) is 11.6 Å². The Hall–Kier alpha value is -4.06. The van der Waals surface area contributed by atoms with Crippen LogP contribution in [0.5, 0.6) is 17.2 Å². The van der Waals surface area contributed by atoms with Crippen LogP contribution in [0, 0.1) is 0 Å². The van der Waals surface area contributed by atoms with Gasteiger partial charge in [0.25, 0.3) is 0 Å². The lowest BCUT2D eigenvalue weighted by Gasteiger charge is -2.14. The van der Waals surface area contributed by atoms with Crippen molar-refractivity contribution >= 4 is 17.9 Å². The van der Waals surface area contributed by atoms with Crippen molar-refractivity contribution in [1.29, 1.82) is 0 Å². The highest BCUT2D eigenvalue weighted by Gasteiger charge is 2.25. The number of carbonyl (C=O) groups is 1. The molecule has 0 unspecified atom stereocenters. The van der Waals surface area contributed by atoms with Gasteiger partial charge in [-0.1, -0.05) is 42.5 Å². The van der Waals surface area contributed by atoms with E-state index in [1.54, 1.807) is 25.3 Å². The van der Waals surface area contributed by atoms with Crippen LogP contribution in [-0.4, -0.2) is 33.2 Å². The van der Waals surface area contributed by atoms with Crippen LogP contribution >= 0.6 is 0 Å². The van der Waals surface area contributed by atoms with Gasteiger partial charge in [0.05, 0.1) is 21.3 Å². The Balaban J connectivity index is 1.65. The van der Waals surface area contributed by atoms with E-state index < -0.39 is 5.97 Å². The normalized spacial score (nSPS) is 14.2. The third-order valence-electron chi connectivity index (χ3n) is 4.89. The van der Waals surface area contributed by atoms with E-state index in [2.05, 4.69) is 4.99 Å². The van der Waals surface area contributed by atoms with Gasteiger partial charge in [0, 0.05) is 11.1 Å². The minimum atomic E-state index is -0.529. The van der Waals surface area contributed by atoms with E-state index in [9.17, 15) is 4.79 Å². The van der Waals surface area contributed by atoms with E-state index in [0.29, 0.717) is 22.8 Å². The fraction of sp³-hybridized carbons (Fsp3) is 0.120. The Kier molecular flexibility index (Phi) is 5.71. The van der Waals surface area contributed by atoms with Gasteiger partial charge in [-0.25, -0.2) is 9.79 Å². The lowest BCUT2D eigenvalue weighted by molar-refractivity contribution is -0.129. The largest absolute Gasteiger partial charge is 0.493 e. The third-order valence-corrected chi connectivity index (χ3v) is 4.89. The fourth-order valence-electron chi connectivity index (χ4n) is 3.35. The Morgan fingerprint density at radius 2 is 1.39 bits per heavy atom. The molecule has 0 saturated carbocycles. The van der Waals surface area contributed by atoms with Gasteiger partial charge in [-0.3, -0.25) is 0 Å². The van der Waals surface area contributed by atoms with Crippen LogP contribution in [-0.2, 0) is 9.53 Å². The highest BCUT2D eigenvalue weighted by molar-refractivity contribution is 6.13. The van der Waals surface area contributed by atoms with Crippen molar-refractivity contribution in [1.82, 2.24) is 0 Å². The molecule has 0 amide bonds. The van der Waals surface area contributed by atoms with Gasteiger partial charge in [0.1, 0.15) is 0 Å². The Labute approximate surface area is 180 Å². The van der Waals surface area contributed by atoms with Crippen molar-refractivity contribution in [3.8, 4) is 28.4 Å². The number of rotatable bonds is 6. The predicted molar refractivity (Wildman–Crippen MR) is 119 cm³/mol. The molecule has 0 aliphatic carbocycles. The SMILES string of the molecule is COc1ccc(/C=C2\N=C(c3ccc(-c4ccccc4)cc3)OC2=O)c(OC)c1OC. The first-order valence-electron chi connectivity index (χ1n) is 9.62. The van der Waals surface area contributed by atoms with Gasteiger partial charge in [0.2, 0.25) is 11.6 Å². The molecule has 0 aromatic heterocycles. The molecular formula is C25H21NO5. The monoisotopic (exact) mass is 415 g/mol. The lowest BCUT2D eigenvalue weighted by Crippen LogP contribution is -2.05. The molecule has 4 rings (SSSR count). The summed E-state index contributed by atoms with van der Waals surface area (Å²) in [5.74, 6) is 1.14. The minimum Gasteiger partial charge on any atom is -0.493 e. The summed E-state index contributed by atoms with van der Waals surface area (Å²) in [6.07, 6.45) is 1.61. The number of aliphatic imine (C=N–C) groups is 1. The second-order valence-corrected chi connectivity index (χ2v) is 6.70. The van der Waals surface area contributed by atoms with Gasteiger partial charge < -0.3 is 18.9 Å². The predicted octanol–water partition coefficient (Wildman–Crippen LogP) is 4.72. The summed E-state index contributed by atoms with van der Waals surface area (Å²) in [5.41, 5.74) is 3.69. The molecule has 0 spiro atoms. The third kappa shape index (κ3) is 4.00. The molecule has 6 nitrogen and oxygen atoms in total. The molecule has 6 heteroatoms. The number of methoxy groups -OCH3 is 3. The van der Waals surface area contributed by atoms with Crippen LogP contribution in [0.3, 0.4) is 0 Å². The van der Waals surface area contributed by atoms with E-state index in [4.69, 9.17) is 18.9 Å². The summed E-state index contributed by atoms with van der Waals surface area (Å²) in [7, 11) is 4.59. The molecule has 1 heterocycles. The van der Waals surface area contributed by atoms with E-state index in [1.807, 2.05) is 54.6 Å². The maximum atomic E-state index is 12.4. The Bertz CT molecular complexity index is 1160. The molecule has 0 atom stereocenters. The van der Waals surface area contributed by atoms with Crippen molar-refractivity contribution in [2.45, 2.75) is 0 Å². The second-order valence-electron chi connectivity index (χ2n) is 6.70. The van der Waals surface area contributed by atoms with E-state index in [1.165, 1.54) is 14.2 Å². The van der Waals surface area contributed by atoms with E-state index >= 15 is 0 Å². The topological polar surface area (TPSA) is 66.4 Å². The number of esters is 1. The number of nitrogens with zero attached hydrogens (tertiary/aromatic N) is 1. The van der Waals surface area contributed by atoms with Crippen molar-refractivity contribution < 1.29 is 23.7 Å². The van der Waals surface area contributed by atoms with Gasteiger partial charge >= 0.3 is 5.97 Å². The molecule has 31 heavy (non-hydrogen) atoms. The molecule has 3 aromatic carbocycles.